The standard InChI is InChI=1S/C10H12F4N4O2/c1-2-7(15-5-10(13,14)9(11)12)3-17-4-8(16-6-17)18(19)20/h2,4,6,9,15H,3,5H2,1H3. The molecule has 1 rings (SSSR count). The van der Waals surface area contributed by atoms with Crippen molar-refractivity contribution in [3.8, 4) is 0 Å². The van der Waals surface area contributed by atoms with Crippen molar-refractivity contribution in [2.24, 2.45) is 0 Å². The Morgan fingerprint density at radius 3 is 2.75 bits per heavy atom. The molecule has 0 aliphatic carbocycles. The summed E-state index contributed by atoms with van der Waals surface area (Å²) >= 11 is 0. The third-order valence-electron chi connectivity index (χ3n) is 2.38. The number of aromatic nitrogens is 2. The minimum Gasteiger partial charge on any atom is -0.381 e. The number of alkyl halides is 4. The fraction of sp³-hybridized carbons (Fsp3) is 0.500. The number of imidazole rings is 1. The summed E-state index contributed by atoms with van der Waals surface area (Å²) in [6, 6.07) is 0. The molecule has 0 spiro atoms. The summed E-state index contributed by atoms with van der Waals surface area (Å²) in [5, 5.41) is 12.6. The van der Waals surface area contributed by atoms with E-state index < -0.39 is 29.6 Å². The summed E-state index contributed by atoms with van der Waals surface area (Å²) in [5.74, 6) is -4.53. The highest BCUT2D eigenvalue weighted by Gasteiger charge is 2.40. The normalized spacial score (nSPS) is 12.8. The molecule has 6 nitrogen and oxygen atoms in total. The molecule has 0 aliphatic heterocycles. The van der Waals surface area contributed by atoms with Gasteiger partial charge in [0, 0.05) is 5.70 Å². The lowest BCUT2D eigenvalue weighted by atomic mass is 10.3. The summed E-state index contributed by atoms with van der Waals surface area (Å²) in [6.07, 6.45) is -0.0966. The average molecular weight is 296 g/mol. The maximum atomic E-state index is 12.7. The summed E-state index contributed by atoms with van der Waals surface area (Å²) in [6.45, 7) is 0.284. The molecule has 0 radical (unpaired) electrons. The van der Waals surface area contributed by atoms with Gasteiger partial charge >= 0.3 is 18.2 Å². The Labute approximate surface area is 111 Å². The number of rotatable bonds is 7. The van der Waals surface area contributed by atoms with Crippen molar-refractivity contribution in [2.75, 3.05) is 6.54 Å². The first-order chi connectivity index (χ1) is 9.26. The molecule has 0 aromatic carbocycles. The van der Waals surface area contributed by atoms with Gasteiger partial charge in [0.25, 0.3) is 0 Å². The Morgan fingerprint density at radius 2 is 2.30 bits per heavy atom. The molecule has 0 saturated heterocycles. The van der Waals surface area contributed by atoms with Gasteiger partial charge in [-0.15, -0.1) is 0 Å². The maximum absolute atomic E-state index is 12.7. The van der Waals surface area contributed by atoms with Crippen molar-refractivity contribution >= 4 is 5.82 Å². The van der Waals surface area contributed by atoms with E-state index >= 15 is 0 Å². The Bertz CT molecular complexity index is 501. The molecule has 0 aliphatic rings. The first-order valence-corrected chi connectivity index (χ1v) is 5.47. The average Bonchev–Trinajstić information content (AvgIpc) is 2.82. The molecule has 0 bridgehead atoms. The van der Waals surface area contributed by atoms with Crippen molar-refractivity contribution in [2.45, 2.75) is 25.8 Å². The van der Waals surface area contributed by atoms with Gasteiger partial charge in [-0.25, -0.2) is 8.78 Å². The molecule has 20 heavy (non-hydrogen) atoms. The van der Waals surface area contributed by atoms with Crippen molar-refractivity contribution in [3.05, 3.63) is 34.4 Å². The minimum atomic E-state index is -4.14. The molecular formula is C10H12F4N4O2. The van der Waals surface area contributed by atoms with Crippen LogP contribution in [-0.4, -0.2) is 33.4 Å². The van der Waals surface area contributed by atoms with Gasteiger partial charge in [0.2, 0.25) is 6.33 Å². The SMILES string of the molecule is CC=C(Cn1cnc([N+](=O)[O-])c1)NCC(F)(F)C(F)F. The molecular weight excluding hydrogens is 284 g/mol. The first-order valence-electron chi connectivity index (χ1n) is 5.47. The Morgan fingerprint density at radius 1 is 1.65 bits per heavy atom. The van der Waals surface area contributed by atoms with Crippen molar-refractivity contribution < 1.29 is 22.5 Å². The van der Waals surface area contributed by atoms with E-state index in [1.165, 1.54) is 17.6 Å². The van der Waals surface area contributed by atoms with Crippen LogP contribution in [0.15, 0.2) is 24.3 Å². The van der Waals surface area contributed by atoms with Crippen molar-refractivity contribution in [1.29, 1.82) is 0 Å². The zero-order chi connectivity index (χ0) is 15.3. The van der Waals surface area contributed by atoms with Gasteiger partial charge in [-0.05, 0) is 16.8 Å². The van der Waals surface area contributed by atoms with E-state index in [-0.39, 0.29) is 12.2 Å². The highest BCUT2D eigenvalue weighted by Crippen LogP contribution is 2.22. The summed E-state index contributed by atoms with van der Waals surface area (Å²) < 4.78 is 50.7. The number of nitrogens with zero attached hydrogens (tertiary/aromatic N) is 3. The predicted octanol–water partition coefficient (Wildman–Crippen LogP) is 2.19. The zero-order valence-electron chi connectivity index (χ0n) is 10.4. The van der Waals surface area contributed by atoms with Crippen LogP contribution in [0.4, 0.5) is 23.4 Å². The monoisotopic (exact) mass is 296 g/mol. The predicted molar refractivity (Wildman–Crippen MR) is 61.6 cm³/mol. The van der Waals surface area contributed by atoms with Gasteiger partial charge < -0.3 is 20.0 Å². The molecule has 1 heterocycles. The molecule has 0 saturated carbocycles. The molecule has 1 aromatic rings. The second kappa shape index (κ2) is 6.35. The Kier molecular flexibility index (Phi) is 5.06. The molecule has 0 amide bonds. The number of hydrogen-bond acceptors (Lipinski definition) is 4. The molecule has 1 aromatic heterocycles. The van der Waals surface area contributed by atoms with Crippen LogP contribution >= 0.6 is 0 Å². The quantitative estimate of drug-likeness (QED) is 0.475. The lowest BCUT2D eigenvalue weighted by molar-refractivity contribution is -0.389. The van der Waals surface area contributed by atoms with Gasteiger partial charge in [-0.3, -0.25) is 0 Å². The van der Waals surface area contributed by atoms with Crippen LogP contribution in [0, 0.1) is 10.1 Å². The number of halogens is 4. The number of nitrogens with one attached hydrogen (secondary N) is 1. The van der Waals surface area contributed by atoms with E-state index in [9.17, 15) is 27.7 Å². The highest BCUT2D eigenvalue weighted by molar-refractivity contribution is 5.13. The van der Waals surface area contributed by atoms with E-state index in [0.29, 0.717) is 0 Å². The summed E-state index contributed by atoms with van der Waals surface area (Å²) in [5.41, 5.74) is 0.220. The second-order valence-electron chi connectivity index (χ2n) is 3.89. The third-order valence-corrected chi connectivity index (χ3v) is 2.38. The second-order valence-corrected chi connectivity index (χ2v) is 3.89. The smallest absolute Gasteiger partial charge is 0.381 e. The van der Waals surface area contributed by atoms with Gasteiger partial charge in [0.15, 0.2) is 0 Å². The van der Waals surface area contributed by atoms with E-state index in [4.69, 9.17) is 0 Å². The van der Waals surface area contributed by atoms with E-state index in [1.54, 1.807) is 0 Å². The van der Waals surface area contributed by atoms with Crippen LogP contribution in [0.2, 0.25) is 0 Å². The third kappa shape index (κ3) is 4.21. The highest BCUT2D eigenvalue weighted by atomic mass is 19.3. The number of hydrogen-bond donors (Lipinski definition) is 1. The first kappa shape index (κ1) is 15.9. The molecule has 0 unspecified atom stereocenters. The zero-order valence-corrected chi connectivity index (χ0v) is 10.4. The lowest BCUT2D eigenvalue weighted by Gasteiger charge is -2.18. The molecule has 0 atom stereocenters. The molecule has 1 N–H and O–H groups in total. The Balaban J connectivity index is 2.62. The van der Waals surface area contributed by atoms with Gasteiger partial charge in [0.1, 0.15) is 6.20 Å². The Hall–Kier alpha value is -2.13. The summed E-state index contributed by atoms with van der Waals surface area (Å²) in [7, 11) is 0. The number of allylic oxidation sites excluding steroid dienone is 2. The van der Waals surface area contributed by atoms with Gasteiger partial charge in [0.05, 0.1) is 13.1 Å². The van der Waals surface area contributed by atoms with Crippen LogP contribution in [0.3, 0.4) is 0 Å². The minimum absolute atomic E-state index is 0.0172. The van der Waals surface area contributed by atoms with Gasteiger partial charge in [-0.2, -0.15) is 8.78 Å². The van der Waals surface area contributed by atoms with Crippen molar-refractivity contribution in [1.82, 2.24) is 14.9 Å². The fourth-order valence-corrected chi connectivity index (χ4v) is 1.28. The molecule has 112 valence electrons. The lowest BCUT2D eigenvalue weighted by Crippen LogP contribution is -2.39. The maximum Gasteiger partial charge on any atom is 0.381 e. The van der Waals surface area contributed by atoms with Crippen LogP contribution in [0.1, 0.15) is 6.92 Å². The van der Waals surface area contributed by atoms with E-state index in [1.807, 2.05) is 0 Å². The van der Waals surface area contributed by atoms with Crippen LogP contribution < -0.4 is 5.32 Å². The fourth-order valence-electron chi connectivity index (χ4n) is 1.28. The topological polar surface area (TPSA) is 73.0 Å². The van der Waals surface area contributed by atoms with Crippen LogP contribution in [0.5, 0.6) is 0 Å². The largest absolute Gasteiger partial charge is 0.381 e. The number of nitro groups is 1. The molecule has 10 heteroatoms. The van der Waals surface area contributed by atoms with Crippen LogP contribution in [0.25, 0.3) is 0 Å². The van der Waals surface area contributed by atoms with Gasteiger partial charge in [-0.1, -0.05) is 6.08 Å². The van der Waals surface area contributed by atoms with E-state index in [0.717, 1.165) is 12.5 Å². The van der Waals surface area contributed by atoms with E-state index in [2.05, 4.69) is 10.3 Å². The molecule has 0 fully saturated rings. The summed E-state index contributed by atoms with van der Waals surface area (Å²) in [4.78, 5) is 13.2. The van der Waals surface area contributed by atoms with Crippen LogP contribution in [-0.2, 0) is 6.54 Å². The van der Waals surface area contributed by atoms with Crippen molar-refractivity contribution in [3.63, 3.8) is 0 Å².